The molecule has 1 aromatic rings. The van der Waals surface area contributed by atoms with Gasteiger partial charge in [0.25, 0.3) is 0 Å². The zero-order valence-corrected chi connectivity index (χ0v) is 10.1. The second-order valence-electron chi connectivity index (χ2n) is 3.74. The molecule has 1 atom stereocenters. The maximum Gasteiger partial charge on any atom is 0.411 e. The Morgan fingerprint density at radius 1 is 1.33 bits per heavy atom. The Labute approximate surface area is 104 Å². The summed E-state index contributed by atoms with van der Waals surface area (Å²) in [6.45, 7) is 1.45. The number of nitrogens with one attached hydrogen (secondary N) is 1. The standard InChI is InChI=1S/C11H16F3N3O/c1-2-17-10(9-5-15-8-16-6-9)3-4-18-7-11(12,13)14/h5-6,8,10,17H,2-4,7H2,1H3. The van der Waals surface area contributed by atoms with Gasteiger partial charge in [0, 0.05) is 30.6 Å². The van der Waals surface area contributed by atoms with Crippen molar-refractivity contribution >= 4 is 0 Å². The van der Waals surface area contributed by atoms with Crippen LogP contribution in [0.1, 0.15) is 24.9 Å². The van der Waals surface area contributed by atoms with Gasteiger partial charge >= 0.3 is 6.18 Å². The van der Waals surface area contributed by atoms with E-state index in [0.717, 1.165) is 5.56 Å². The predicted molar refractivity (Wildman–Crippen MR) is 59.9 cm³/mol. The first kappa shape index (κ1) is 14.8. The average Bonchev–Trinajstić information content (AvgIpc) is 2.33. The average molecular weight is 263 g/mol. The lowest BCUT2D eigenvalue weighted by Crippen LogP contribution is -2.24. The summed E-state index contributed by atoms with van der Waals surface area (Å²) >= 11 is 0. The molecule has 0 saturated heterocycles. The molecule has 0 saturated carbocycles. The summed E-state index contributed by atoms with van der Waals surface area (Å²) in [6.07, 6.45) is 0.863. The molecule has 0 amide bonds. The second-order valence-corrected chi connectivity index (χ2v) is 3.74. The Bertz CT molecular complexity index is 332. The van der Waals surface area contributed by atoms with E-state index in [1.54, 1.807) is 12.4 Å². The number of ether oxygens (including phenoxy) is 1. The van der Waals surface area contributed by atoms with Crippen molar-refractivity contribution in [2.24, 2.45) is 0 Å². The molecular formula is C11H16F3N3O. The van der Waals surface area contributed by atoms with Gasteiger partial charge in [0.2, 0.25) is 0 Å². The third-order valence-electron chi connectivity index (χ3n) is 2.25. The predicted octanol–water partition coefficient (Wildman–Crippen LogP) is 2.10. The summed E-state index contributed by atoms with van der Waals surface area (Å²) in [5.74, 6) is 0. The van der Waals surface area contributed by atoms with Gasteiger partial charge in [0.15, 0.2) is 0 Å². The van der Waals surface area contributed by atoms with Crippen molar-refractivity contribution in [2.75, 3.05) is 19.8 Å². The van der Waals surface area contributed by atoms with Crippen LogP contribution in [0.15, 0.2) is 18.7 Å². The van der Waals surface area contributed by atoms with Crippen LogP contribution in [0.3, 0.4) is 0 Å². The van der Waals surface area contributed by atoms with E-state index in [4.69, 9.17) is 0 Å². The zero-order valence-electron chi connectivity index (χ0n) is 10.1. The first-order valence-corrected chi connectivity index (χ1v) is 5.65. The molecule has 1 N–H and O–H groups in total. The highest BCUT2D eigenvalue weighted by Crippen LogP contribution is 2.17. The highest BCUT2D eigenvalue weighted by atomic mass is 19.4. The maximum absolute atomic E-state index is 11.9. The van der Waals surface area contributed by atoms with Crippen LogP contribution in [0, 0.1) is 0 Å². The summed E-state index contributed by atoms with van der Waals surface area (Å²) in [6, 6.07) is -0.0931. The molecule has 7 heteroatoms. The monoisotopic (exact) mass is 263 g/mol. The number of hydrogen-bond acceptors (Lipinski definition) is 4. The summed E-state index contributed by atoms with van der Waals surface area (Å²) in [5, 5.41) is 3.16. The highest BCUT2D eigenvalue weighted by molar-refractivity contribution is 5.08. The van der Waals surface area contributed by atoms with E-state index in [9.17, 15) is 13.2 Å². The molecule has 0 radical (unpaired) electrons. The molecule has 0 bridgehead atoms. The van der Waals surface area contributed by atoms with Crippen LogP contribution in [-0.2, 0) is 4.74 Å². The van der Waals surface area contributed by atoms with E-state index < -0.39 is 12.8 Å². The fourth-order valence-electron chi connectivity index (χ4n) is 1.51. The van der Waals surface area contributed by atoms with E-state index in [-0.39, 0.29) is 12.6 Å². The molecular weight excluding hydrogens is 247 g/mol. The fourth-order valence-corrected chi connectivity index (χ4v) is 1.51. The lowest BCUT2D eigenvalue weighted by atomic mass is 10.1. The van der Waals surface area contributed by atoms with Crippen LogP contribution in [0.5, 0.6) is 0 Å². The number of aromatic nitrogens is 2. The first-order chi connectivity index (χ1) is 8.53. The molecule has 1 aromatic heterocycles. The van der Waals surface area contributed by atoms with Crippen LogP contribution in [0.2, 0.25) is 0 Å². The van der Waals surface area contributed by atoms with E-state index in [2.05, 4.69) is 20.0 Å². The molecule has 1 heterocycles. The normalized spacial score (nSPS) is 13.6. The molecule has 0 fully saturated rings. The number of nitrogens with zero attached hydrogens (tertiary/aromatic N) is 2. The van der Waals surface area contributed by atoms with Crippen molar-refractivity contribution in [3.63, 3.8) is 0 Å². The van der Waals surface area contributed by atoms with Crippen molar-refractivity contribution in [3.05, 3.63) is 24.3 Å². The summed E-state index contributed by atoms with van der Waals surface area (Å²) in [7, 11) is 0. The molecule has 102 valence electrons. The Balaban J connectivity index is 2.40. The van der Waals surface area contributed by atoms with Crippen LogP contribution in [-0.4, -0.2) is 35.9 Å². The highest BCUT2D eigenvalue weighted by Gasteiger charge is 2.27. The van der Waals surface area contributed by atoms with Gasteiger partial charge in [0.05, 0.1) is 0 Å². The molecule has 1 unspecified atom stereocenters. The Kier molecular flexibility index (Phi) is 6.00. The van der Waals surface area contributed by atoms with Gasteiger partial charge < -0.3 is 10.1 Å². The van der Waals surface area contributed by atoms with Gasteiger partial charge in [-0.05, 0) is 13.0 Å². The second kappa shape index (κ2) is 7.27. The van der Waals surface area contributed by atoms with Crippen molar-refractivity contribution in [2.45, 2.75) is 25.6 Å². The molecule has 0 aromatic carbocycles. The van der Waals surface area contributed by atoms with Gasteiger partial charge in [-0.15, -0.1) is 0 Å². The van der Waals surface area contributed by atoms with Gasteiger partial charge in [-0.3, -0.25) is 0 Å². The summed E-state index contributed by atoms with van der Waals surface area (Å²) in [5.41, 5.74) is 0.843. The Hall–Kier alpha value is -1.21. The minimum Gasteiger partial charge on any atom is -0.372 e. The summed E-state index contributed by atoms with van der Waals surface area (Å²) in [4.78, 5) is 7.77. The fraction of sp³-hybridized carbons (Fsp3) is 0.636. The quantitative estimate of drug-likeness (QED) is 0.765. The smallest absolute Gasteiger partial charge is 0.372 e. The lowest BCUT2D eigenvalue weighted by molar-refractivity contribution is -0.174. The number of halogens is 3. The number of rotatable bonds is 7. The molecule has 0 aliphatic carbocycles. The lowest BCUT2D eigenvalue weighted by Gasteiger charge is -2.17. The van der Waals surface area contributed by atoms with Gasteiger partial charge in [-0.25, -0.2) is 9.97 Å². The molecule has 18 heavy (non-hydrogen) atoms. The molecule has 0 spiro atoms. The van der Waals surface area contributed by atoms with E-state index >= 15 is 0 Å². The SMILES string of the molecule is CCNC(CCOCC(F)(F)F)c1cncnc1. The largest absolute Gasteiger partial charge is 0.411 e. The van der Waals surface area contributed by atoms with Crippen LogP contribution in [0.25, 0.3) is 0 Å². The molecule has 0 aliphatic rings. The van der Waals surface area contributed by atoms with Crippen LogP contribution < -0.4 is 5.32 Å². The molecule has 0 aliphatic heterocycles. The van der Waals surface area contributed by atoms with Crippen LogP contribution >= 0.6 is 0 Å². The minimum absolute atomic E-state index is 0.0338. The van der Waals surface area contributed by atoms with Crippen molar-refractivity contribution in [3.8, 4) is 0 Å². The van der Waals surface area contributed by atoms with Crippen molar-refractivity contribution < 1.29 is 17.9 Å². The van der Waals surface area contributed by atoms with E-state index in [1.807, 2.05) is 6.92 Å². The maximum atomic E-state index is 11.9. The minimum atomic E-state index is -4.27. The van der Waals surface area contributed by atoms with Crippen LogP contribution in [0.4, 0.5) is 13.2 Å². The molecule has 1 rings (SSSR count). The third-order valence-corrected chi connectivity index (χ3v) is 2.25. The Morgan fingerprint density at radius 2 is 2.00 bits per heavy atom. The Morgan fingerprint density at radius 3 is 2.56 bits per heavy atom. The third kappa shape index (κ3) is 5.92. The van der Waals surface area contributed by atoms with Gasteiger partial charge in [-0.2, -0.15) is 13.2 Å². The number of hydrogen-bond donors (Lipinski definition) is 1. The topological polar surface area (TPSA) is 47.0 Å². The van der Waals surface area contributed by atoms with Gasteiger partial charge in [0.1, 0.15) is 12.9 Å². The zero-order chi connectivity index (χ0) is 13.4. The van der Waals surface area contributed by atoms with E-state index in [1.165, 1.54) is 6.33 Å². The van der Waals surface area contributed by atoms with Crippen molar-refractivity contribution in [1.29, 1.82) is 0 Å². The van der Waals surface area contributed by atoms with E-state index in [0.29, 0.717) is 13.0 Å². The summed E-state index contributed by atoms with van der Waals surface area (Å²) < 4.78 is 40.3. The van der Waals surface area contributed by atoms with Gasteiger partial charge in [-0.1, -0.05) is 6.92 Å². The number of alkyl halides is 3. The van der Waals surface area contributed by atoms with Crippen molar-refractivity contribution in [1.82, 2.24) is 15.3 Å². The molecule has 4 nitrogen and oxygen atoms in total. The first-order valence-electron chi connectivity index (χ1n) is 5.65.